The van der Waals surface area contributed by atoms with Gasteiger partial charge < -0.3 is 5.32 Å². The SMILES string of the molecule is Cc1cc(Cl)cc2c1NC(=O)[C@]21[C@@H]2C(=O)N(c3cccc(Cl)c3Cl)C(=O)[C@@H]2[C@@H]2CCCN21. The predicted octanol–water partition coefficient (Wildman–Crippen LogP) is 4.39. The highest BCUT2D eigenvalue weighted by Gasteiger charge is 2.74. The second-order valence-corrected chi connectivity index (χ2v) is 10.1. The van der Waals surface area contributed by atoms with E-state index >= 15 is 0 Å². The van der Waals surface area contributed by atoms with Crippen molar-refractivity contribution in [1.82, 2.24) is 4.90 Å². The molecule has 3 saturated heterocycles. The fraction of sp³-hybridized carbons (Fsp3) is 0.348. The molecule has 6 nitrogen and oxygen atoms in total. The Balaban J connectivity index is 1.59. The van der Waals surface area contributed by atoms with E-state index in [1.54, 1.807) is 30.3 Å². The van der Waals surface area contributed by atoms with Gasteiger partial charge in [-0.15, -0.1) is 0 Å². The molecular formula is C23H18Cl3N3O3. The van der Waals surface area contributed by atoms with Gasteiger partial charge in [-0.2, -0.15) is 0 Å². The van der Waals surface area contributed by atoms with Crippen LogP contribution in [0.25, 0.3) is 0 Å². The molecule has 4 atom stereocenters. The zero-order valence-electron chi connectivity index (χ0n) is 17.0. The molecule has 1 N–H and O–H groups in total. The van der Waals surface area contributed by atoms with E-state index in [2.05, 4.69) is 10.2 Å². The minimum atomic E-state index is -1.27. The van der Waals surface area contributed by atoms with Gasteiger partial charge in [-0.3, -0.25) is 19.3 Å². The van der Waals surface area contributed by atoms with E-state index < -0.39 is 23.3 Å². The molecule has 3 amide bonds. The summed E-state index contributed by atoms with van der Waals surface area (Å²) < 4.78 is 0. The lowest BCUT2D eigenvalue weighted by Gasteiger charge is -2.36. The van der Waals surface area contributed by atoms with Gasteiger partial charge in [0, 0.05) is 22.3 Å². The Labute approximate surface area is 199 Å². The van der Waals surface area contributed by atoms with Crippen molar-refractivity contribution in [3.63, 3.8) is 0 Å². The number of fused-ring (bicyclic) bond motifs is 7. The first kappa shape index (κ1) is 20.5. The quantitative estimate of drug-likeness (QED) is 0.602. The summed E-state index contributed by atoms with van der Waals surface area (Å²) in [6, 6.07) is 8.19. The Hall–Kier alpha value is -2.12. The number of nitrogens with one attached hydrogen (secondary N) is 1. The maximum absolute atomic E-state index is 13.9. The van der Waals surface area contributed by atoms with Crippen LogP contribution < -0.4 is 10.2 Å². The number of rotatable bonds is 1. The van der Waals surface area contributed by atoms with Gasteiger partial charge in [-0.1, -0.05) is 40.9 Å². The molecule has 164 valence electrons. The number of hydrogen-bond donors (Lipinski definition) is 1. The lowest BCUT2D eigenvalue weighted by molar-refractivity contribution is -0.135. The Kier molecular flexibility index (Phi) is 4.29. The molecule has 4 aliphatic heterocycles. The number of hydrogen-bond acceptors (Lipinski definition) is 4. The van der Waals surface area contributed by atoms with E-state index in [0.717, 1.165) is 23.3 Å². The van der Waals surface area contributed by atoms with Crippen molar-refractivity contribution in [1.29, 1.82) is 0 Å². The van der Waals surface area contributed by atoms with Crippen molar-refractivity contribution < 1.29 is 14.4 Å². The van der Waals surface area contributed by atoms with Gasteiger partial charge in [0.1, 0.15) is 5.54 Å². The average Bonchev–Trinajstić information content (AvgIpc) is 3.44. The standard InChI is InChI=1S/C23H18Cl3N3O3/c1-10-8-11(24)9-12-19(10)27-22(32)23(12)17-16(14-6-3-7-28(14)23)20(30)29(21(17)31)15-5-2-4-13(25)18(15)26/h2,4-5,8-9,14,16-17H,3,6-7H2,1H3,(H,27,32)/t14-,16+,17-,23+/m0/s1. The number of carbonyl (C=O) groups excluding carboxylic acids is 3. The van der Waals surface area contributed by atoms with Crippen molar-refractivity contribution >= 4 is 63.9 Å². The highest BCUT2D eigenvalue weighted by atomic mass is 35.5. The van der Waals surface area contributed by atoms with Crippen LogP contribution in [0.15, 0.2) is 30.3 Å². The van der Waals surface area contributed by atoms with Gasteiger partial charge in [0.05, 0.1) is 27.6 Å². The topological polar surface area (TPSA) is 69.7 Å². The highest BCUT2D eigenvalue weighted by molar-refractivity contribution is 6.45. The molecule has 0 unspecified atom stereocenters. The molecule has 4 aliphatic rings. The van der Waals surface area contributed by atoms with Gasteiger partial charge in [0.15, 0.2) is 0 Å². The molecule has 6 rings (SSSR count). The summed E-state index contributed by atoms with van der Waals surface area (Å²) in [4.78, 5) is 44.5. The lowest BCUT2D eigenvalue weighted by Crippen LogP contribution is -2.54. The van der Waals surface area contributed by atoms with Crippen LogP contribution in [-0.2, 0) is 19.9 Å². The van der Waals surface area contributed by atoms with Crippen LogP contribution in [0.5, 0.6) is 0 Å². The van der Waals surface area contributed by atoms with E-state index in [4.69, 9.17) is 34.8 Å². The smallest absolute Gasteiger partial charge is 0.250 e. The van der Waals surface area contributed by atoms with Crippen LogP contribution in [-0.4, -0.2) is 35.2 Å². The molecule has 4 heterocycles. The monoisotopic (exact) mass is 489 g/mol. The molecule has 1 spiro atoms. The maximum Gasteiger partial charge on any atom is 0.250 e. The van der Waals surface area contributed by atoms with Crippen LogP contribution in [0.3, 0.4) is 0 Å². The second-order valence-electron chi connectivity index (χ2n) is 8.86. The summed E-state index contributed by atoms with van der Waals surface area (Å²) in [7, 11) is 0. The van der Waals surface area contributed by atoms with E-state index in [9.17, 15) is 14.4 Å². The van der Waals surface area contributed by atoms with Gasteiger partial charge in [-0.05, 0) is 56.1 Å². The highest BCUT2D eigenvalue weighted by Crippen LogP contribution is 2.61. The van der Waals surface area contributed by atoms with Gasteiger partial charge in [0.2, 0.25) is 17.7 Å². The van der Waals surface area contributed by atoms with Crippen LogP contribution in [0.1, 0.15) is 24.0 Å². The number of halogens is 3. The Morgan fingerprint density at radius 1 is 1.09 bits per heavy atom. The van der Waals surface area contributed by atoms with E-state index in [1.807, 2.05) is 6.92 Å². The van der Waals surface area contributed by atoms with Crippen molar-refractivity contribution in [2.75, 3.05) is 16.8 Å². The first-order valence-corrected chi connectivity index (χ1v) is 11.6. The lowest BCUT2D eigenvalue weighted by atomic mass is 9.75. The number of amides is 3. The molecule has 32 heavy (non-hydrogen) atoms. The molecule has 2 aromatic carbocycles. The normalized spacial score (nSPS) is 30.8. The second kappa shape index (κ2) is 6.70. The first-order chi connectivity index (χ1) is 15.3. The molecule has 2 aromatic rings. The van der Waals surface area contributed by atoms with Gasteiger partial charge in [-0.25, -0.2) is 4.90 Å². The van der Waals surface area contributed by atoms with E-state index in [1.165, 1.54) is 0 Å². The Bertz CT molecular complexity index is 1250. The molecule has 3 fully saturated rings. The maximum atomic E-state index is 13.9. The summed E-state index contributed by atoms with van der Waals surface area (Å²) in [6.07, 6.45) is 1.58. The van der Waals surface area contributed by atoms with Crippen LogP contribution in [0.2, 0.25) is 15.1 Å². The van der Waals surface area contributed by atoms with Crippen LogP contribution >= 0.6 is 34.8 Å². The van der Waals surface area contributed by atoms with Gasteiger partial charge in [0.25, 0.3) is 0 Å². The molecule has 0 aromatic heterocycles. The third kappa shape index (κ3) is 2.29. The summed E-state index contributed by atoms with van der Waals surface area (Å²) in [5.41, 5.74) is 1.15. The summed E-state index contributed by atoms with van der Waals surface area (Å²) >= 11 is 19.0. The number of carbonyl (C=O) groups is 3. The molecule has 0 aliphatic carbocycles. The predicted molar refractivity (Wildman–Crippen MR) is 122 cm³/mol. The van der Waals surface area contributed by atoms with Crippen molar-refractivity contribution in [2.45, 2.75) is 31.3 Å². The van der Waals surface area contributed by atoms with E-state index in [-0.39, 0.29) is 33.6 Å². The Morgan fingerprint density at radius 3 is 2.66 bits per heavy atom. The summed E-state index contributed by atoms with van der Waals surface area (Å²) in [5, 5.41) is 3.88. The average molecular weight is 491 g/mol. The third-order valence-corrected chi connectivity index (χ3v) is 8.46. The first-order valence-electron chi connectivity index (χ1n) is 10.5. The summed E-state index contributed by atoms with van der Waals surface area (Å²) in [5.74, 6) is -2.56. The number of benzene rings is 2. The zero-order chi connectivity index (χ0) is 22.5. The Morgan fingerprint density at radius 2 is 1.88 bits per heavy atom. The molecular weight excluding hydrogens is 473 g/mol. The number of aryl methyl sites for hydroxylation is 1. The molecule has 9 heteroatoms. The minimum Gasteiger partial charge on any atom is -0.324 e. The van der Waals surface area contributed by atoms with Crippen molar-refractivity contribution in [3.8, 4) is 0 Å². The van der Waals surface area contributed by atoms with Crippen LogP contribution in [0.4, 0.5) is 11.4 Å². The number of nitrogens with zero attached hydrogens (tertiary/aromatic N) is 2. The van der Waals surface area contributed by atoms with Crippen molar-refractivity contribution in [3.05, 3.63) is 56.5 Å². The largest absolute Gasteiger partial charge is 0.324 e. The fourth-order valence-corrected chi connectivity index (χ4v) is 6.99. The molecule has 0 bridgehead atoms. The van der Waals surface area contributed by atoms with Gasteiger partial charge >= 0.3 is 0 Å². The van der Waals surface area contributed by atoms with Crippen LogP contribution in [0, 0.1) is 18.8 Å². The summed E-state index contributed by atoms with van der Waals surface area (Å²) in [6.45, 7) is 2.51. The molecule has 0 saturated carbocycles. The third-order valence-electron chi connectivity index (χ3n) is 7.44. The molecule has 0 radical (unpaired) electrons. The zero-order valence-corrected chi connectivity index (χ0v) is 19.3. The van der Waals surface area contributed by atoms with Crippen molar-refractivity contribution in [2.24, 2.45) is 11.8 Å². The fourth-order valence-electron chi connectivity index (χ4n) is 6.34. The minimum absolute atomic E-state index is 0.142. The number of anilines is 2. The van der Waals surface area contributed by atoms with E-state index in [0.29, 0.717) is 22.8 Å². The number of imide groups is 1.